The second kappa shape index (κ2) is 13.1. The molecule has 2 N–H and O–H groups in total. The van der Waals surface area contributed by atoms with Gasteiger partial charge in [-0.2, -0.15) is 0 Å². The van der Waals surface area contributed by atoms with Gasteiger partial charge in [-0.25, -0.2) is 0 Å². The number of nitrogens with zero attached hydrogens (tertiary/aromatic N) is 3. The van der Waals surface area contributed by atoms with Gasteiger partial charge in [0, 0.05) is 43.0 Å². The molecule has 3 atom stereocenters. The van der Waals surface area contributed by atoms with Gasteiger partial charge < -0.3 is 19.9 Å². The molecule has 0 spiro atoms. The normalized spacial score (nSPS) is 18.5. The minimum absolute atomic E-state index is 0.145. The number of pyridine rings is 1. The number of nitrogens with one attached hydrogen (secondary N) is 1. The van der Waals surface area contributed by atoms with E-state index in [0.717, 1.165) is 30.6 Å². The first-order valence-corrected chi connectivity index (χ1v) is 12.4. The minimum Gasteiger partial charge on any atom is -0.481 e. The number of amides is 1. The number of aliphatic carboxylic acids is 1. The Bertz CT molecular complexity index is 1020. The fraction of sp³-hybridized carbons (Fsp3) is 0.556. The third-order valence-electron chi connectivity index (χ3n) is 6.34. The van der Waals surface area contributed by atoms with Gasteiger partial charge in [0.15, 0.2) is 0 Å². The standard InChI is InChI=1S/C27H40N4O4/c1-18(2)13-24(31-12-10-19(3)14-25(31)32)27(35)29-23(15-26(33)34)20(4)16-28-17-22(6)30-11-8-7-9-21(30)5/h10,12,14,16-18,21,23-24H,4,7-9,11,13,15H2,1-3,5-6H3,(H,29,35)(H,33,34)/b22-17+,28-16-/t21-,23+,24+/m0/s1. The molecule has 0 aromatic carbocycles. The predicted molar refractivity (Wildman–Crippen MR) is 140 cm³/mol. The number of aromatic nitrogens is 1. The Morgan fingerprint density at radius 2 is 2.06 bits per heavy atom. The second-order valence-electron chi connectivity index (χ2n) is 9.92. The van der Waals surface area contributed by atoms with E-state index in [-0.39, 0.29) is 17.9 Å². The van der Waals surface area contributed by atoms with Crippen LogP contribution in [0.2, 0.25) is 0 Å². The van der Waals surface area contributed by atoms with Crippen molar-refractivity contribution in [2.24, 2.45) is 10.9 Å². The van der Waals surface area contributed by atoms with Gasteiger partial charge in [0.2, 0.25) is 5.91 Å². The first-order valence-electron chi connectivity index (χ1n) is 12.4. The fourth-order valence-electron chi connectivity index (χ4n) is 4.38. The van der Waals surface area contributed by atoms with Crippen molar-refractivity contribution < 1.29 is 14.7 Å². The summed E-state index contributed by atoms with van der Waals surface area (Å²) in [7, 11) is 0. The quantitative estimate of drug-likeness (QED) is 0.461. The Morgan fingerprint density at radius 3 is 2.66 bits per heavy atom. The van der Waals surface area contributed by atoms with Crippen molar-refractivity contribution in [1.82, 2.24) is 14.8 Å². The van der Waals surface area contributed by atoms with Crippen LogP contribution in [0.3, 0.4) is 0 Å². The molecule has 1 aromatic rings. The van der Waals surface area contributed by atoms with Crippen molar-refractivity contribution in [3.63, 3.8) is 0 Å². The third-order valence-corrected chi connectivity index (χ3v) is 6.34. The number of likely N-dealkylation sites (tertiary alicyclic amines) is 1. The number of carboxylic acids is 1. The second-order valence-corrected chi connectivity index (χ2v) is 9.92. The van der Waals surface area contributed by atoms with Gasteiger partial charge in [0.05, 0.1) is 12.5 Å². The smallest absolute Gasteiger partial charge is 0.305 e. The predicted octanol–water partition coefficient (Wildman–Crippen LogP) is 4.07. The summed E-state index contributed by atoms with van der Waals surface area (Å²) in [6.07, 6.45) is 8.50. The van der Waals surface area contributed by atoms with Crippen molar-refractivity contribution in [3.8, 4) is 0 Å². The summed E-state index contributed by atoms with van der Waals surface area (Å²) in [5, 5.41) is 12.2. The van der Waals surface area contributed by atoms with Crippen LogP contribution >= 0.6 is 0 Å². The lowest BCUT2D eigenvalue weighted by Gasteiger charge is -2.35. The molecule has 1 saturated heterocycles. The van der Waals surface area contributed by atoms with Crippen molar-refractivity contribution >= 4 is 18.1 Å². The Balaban J connectivity index is 2.20. The van der Waals surface area contributed by atoms with Crippen molar-refractivity contribution in [2.45, 2.75) is 84.8 Å². The number of hydrogen-bond acceptors (Lipinski definition) is 5. The van der Waals surface area contributed by atoms with Gasteiger partial charge in [-0.3, -0.25) is 19.4 Å². The molecule has 0 bridgehead atoms. The van der Waals surface area contributed by atoms with Crippen LogP contribution in [0.1, 0.15) is 71.4 Å². The Hall–Kier alpha value is -3.16. The first-order chi connectivity index (χ1) is 16.5. The molecule has 35 heavy (non-hydrogen) atoms. The Kier molecular flexibility index (Phi) is 10.5. The molecule has 8 heteroatoms. The minimum atomic E-state index is -1.06. The van der Waals surface area contributed by atoms with Crippen LogP contribution < -0.4 is 10.9 Å². The lowest BCUT2D eigenvalue weighted by molar-refractivity contribution is -0.137. The van der Waals surface area contributed by atoms with Crippen LogP contribution in [0.15, 0.2) is 52.2 Å². The molecule has 1 aliphatic rings. The summed E-state index contributed by atoms with van der Waals surface area (Å²) in [5.74, 6) is -1.34. The summed E-state index contributed by atoms with van der Waals surface area (Å²) in [6.45, 7) is 14.9. The Morgan fingerprint density at radius 1 is 1.34 bits per heavy atom. The zero-order valence-corrected chi connectivity index (χ0v) is 21.7. The molecule has 0 radical (unpaired) electrons. The lowest BCUT2D eigenvalue weighted by atomic mass is 10.0. The van der Waals surface area contributed by atoms with E-state index >= 15 is 0 Å². The highest BCUT2D eigenvalue weighted by Gasteiger charge is 2.27. The largest absolute Gasteiger partial charge is 0.481 e. The fourth-order valence-corrected chi connectivity index (χ4v) is 4.38. The number of carbonyl (C=O) groups excluding carboxylic acids is 1. The van der Waals surface area contributed by atoms with E-state index in [1.165, 1.54) is 23.3 Å². The molecule has 0 aliphatic carbocycles. The van der Waals surface area contributed by atoms with E-state index in [9.17, 15) is 19.5 Å². The number of aliphatic imine (C=N–C) groups is 1. The van der Waals surface area contributed by atoms with Crippen LogP contribution in [0, 0.1) is 12.8 Å². The highest BCUT2D eigenvalue weighted by Crippen LogP contribution is 2.21. The first kappa shape index (κ1) is 28.1. The molecule has 192 valence electrons. The lowest BCUT2D eigenvalue weighted by Crippen LogP contribution is -2.44. The monoisotopic (exact) mass is 484 g/mol. The van der Waals surface area contributed by atoms with Crippen LogP contribution in [-0.2, 0) is 9.59 Å². The highest BCUT2D eigenvalue weighted by atomic mass is 16.4. The summed E-state index contributed by atoms with van der Waals surface area (Å²) in [6, 6.07) is 2.12. The number of carboxylic acid groups (broad SMARTS) is 1. The molecule has 0 saturated carbocycles. The van der Waals surface area contributed by atoms with Gasteiger partial charge in [-0.05, 0) is 69.6 Å². The van der Waals surface area contributed by atoms with Gasteiger partial charge in [-0.15, -0.1) is 0 Å². The van der Waals surface area contributed by atoms with Crippen LogP contribution in [0.5, 0.6) is 0 Å². The van der Waals surface area contributed by atoms with E-state index in [4.69, 9.17) is 0 Å². The number of carbonyl (C=O) groups is 2. The number of hydrogen-bond donors (Lipinski definition) is 2. The van der Waals surface area contributed by atoms with E-state index in [1.54, 1.807) is 18.5 Å². The molecule has 2 rings (SSSR count). The van der Waals surface area contributed by atoms with E-state index in [1.807, 2.05) is 27.7 Å². The van der Waals surface area contributed by atoms with Gasteiger partial charge in [0.25, 0.3) is 5.56 Å². The van der Waals surface area contributed by atoms with Gasteiger partial charge >= 0.3 is 5.97 Å². The van der Waals surface area contributed by atoms with Crippen LogP contribution in [0.4, 0.5) is 0 Å². The van der Waals surface area contributed by atoms with Gasteiger partial charge in [-0.1, -0.05) is 20.4 Å². The molecule has 8 nitrogen and oxygen atoms in total. The molecule has 0 unspecified atom stereocenters. The average molecular weight is 485 g/mol. The average Bonchev–Trinajstić information content (AvgIpc) is 2.77. The molecule has 1 aliphatic heterocycles. The molecule has 1 fully saturated rings. The maximum Gasteiger partial charge on any atom is 0.305 e. The van der Waals surface area contributed by atoms with Crippen molar-refractivity contribution in [1.29, 1.82) is 0 Å². The summed E-state index contributed by atoms with van der Waals surface area (Å²) in [4.78, 5) is 44.0. The molecule has 1 aromatic heterocycles. The molecular weight excluding hydrogens is 444 g/mol. The Labute approximate surface area is 208 Å². The van der Waals surface area contributed by atoms with E-state index < -0.39 is 24.0 Å². The topological polar surface area (TPSA) is 104 Å². The van der Waals surface area contributed by atoms with Crippen molar-refractivity contribution in [2.75, 3.05) is 6.54 Å². The third kappa shape index (κ3) is 8.53. The van der Waals surface area contributed by atoms with Crippen molar-refractivity contribution in [3.05, 3.63) is 58.3 Å². The molecular formula is C27H40N4O4. The summed E-state index contributed by atoms with van der Waals surface area (Å²) in [5.41, 5.74) is 1.96. The number of allylic oxidation sites excluding steroid dienone is 1. The van der Waals surface area contributed by atoms with Crippen LogP contribution in [-0.4, -0.2) is 51.3 Å². The molecule has 1 amide bonds. The number of piperidine rings is 1. The SMILES string of the molecule is C=C(/C=N\C=C(/C)N1CCCC[C@@H]1C)[C@@H](CC(=O)O)NC(=O)[C@@H](CC(C)C)n1ccc(C)cc1=O. The summed E-state index contributed by atoms with van der Waals surface area (Å²) >= 11 is 0. The number of rotatable bonds is 11. The van der Waals surface area contributed by atoms with Crippen LogP contribution in [0.25, 0.3) is 0 Å². The maximum atomic E-state index is 13.3. The van der Waals surface area contributed by atoms with E-state index in [0.29, 0.717) is 18.0 Å². The van der Waals surface area contributed by atoms with Gasteiger partial charge in [0.1, 0.15) is 6.04 Å². The molecule has 2 heterocycles. The zero-order chi connectivity index (χ0) is 26.1. The maximum absolute atomic E-state index is 13.3. The highest BCUT2D eigenvalue weighted by molar-refractivity contribution is 5.86. The summed E-state index contributed by atoms with van der Waals surface area (Å²) < 4.78 is 1.41. The van der Waals surface area contributed by atoms with E-state index in [2.05, 4.69) is 28.7 Å². The number of aryl methyl sites for hydroxylation is 1. The zero-order valence-electron chi connectivity index (χ0n) is 21.7.